The predicted octanol–water partition coefficient (Wildman–Crippen LogP) is 6.06. The summed E-state index contributed by atoms with van der Waals surface area (Å²) < 4.78 is 19.2. The highest BCUT2D eigenvalue weighted by molar-refractivity contribution is 5.97. The molecule has 3 aromatic rings. The zero-order valence-electron chi connectivity index (χ0n) is 26.1. The minimum absolute atomic E-state index is 0.0172. The smallest absolute Gasteiger partial charge is 0.410 e. The molecule has 3 aromatic carbocycles. The van der Waals surface area contributed by atoms with Crippen molar-refractivity contribution in [2.75, 3.05) is 28.6 Å². The van der Waals surface area contributed by atoms with Gasteiger partial charge >= 0.3 is 6.09 Å². The molecule has 2 unspecified atom stereocenters. The number of nitrogens with zero attached hydrogens (tertiary/aromatic N) is 2. The van der Waals surface area contributed by atoms with Gasteiger partial charge in [0.05, 0.1) is 6.04 Å². The minimum atomic E-state index is -0.633. The Balaban J connectivity index is 1.22. The van der Waals surface area contributed by atoms with Gasteiger partial charge in [0.2, 0.25) is 11.8 Å². The molecule has 3 amide bonds. The van der Waals surface area contributed by atoms with Crippen LogP contribution in [-0.2, 0) is 27.4 Å². The second-order valence-corrected chi connectivity index (χ2v) is 12.7. The summed E-state index contributed by atoms with van der Waals surface area (Å²) in [4.78, 5) is 41.8. The first-order valence-corrected chi connectivity index (χ1v) is 15.6. The molecule has 0 bridgehead atoms. The molecule has 2 atom stereocenters. The first kappa shape index (κ1) is 32.0. The number of benzene rings is 3. The average Bonchev–Trinajstić information content (AvgIpc) is 3.72. The maximum atomic E-state index is 13.7. The molecule has 2 heterocycles. The van der Waals surface area contributed by atoms with E-state index in [1.54, 1.807) is 12.1 Å². The van der Waals surface area contributed by atoms with Crippen molar-refractivity contribution in [1.29, 1.82) is 0 Å². The molecule has 3 N–H and O–H groups in total. The number of carbonyl (C=O) groups excluding carboxylic acids is 3. The topological polar surface area (TPSA) is 103 Å². The van der Waals surface area contributed by atoms with Crippen LogP contribution in [0.5, 0.6) is 0 Å². The Morgan fingerprint density at radius 1 is 0.844 bits per heavy atom. The van der Waals surface area contributed by atoms with E-state index in [0.29, 0.717) is 31.7 Å². The second kappa shape index (κ2) is 14.1. The molecule has 0 saturated carbocycles. The highest BCUT2D eigenvalue weighted by Crippen LogP contribution is 2.25. The summed E-state index contributed by atoms with van der Waals surface area (Å²) in [6.45, 7) is 7.88. The predicted molar refractivity (Wildman–Crippen MR) is 173 cm³/mol. The number of ether oxygens (including phenoxy) is 1. The van der Waals surface area contributed by atoms with Crippen LogP contribution in [0, 0.1) is 5.82 Å². The molecule has 0 radical (unpaired) electrons. The Bertz CT molecular complexity index is 1470. The van der Waals surface area contributed by atoms with Crippen LogP contribution in [-0.4, -0.2) is 53.6 Å². The van der Waals surface area contributed by atoms with Gasteiger partial charge in [0.15, 0.2) is 0 Å². The van der Waals surface area contributed by atoms with Gasteiger partial charge in [0.1, 0.15) is 17.5 Å². The molecule has 2 aliphatic rings. The fourth-order valence-electron chi connectivity index (χ4n) is 5.66. The fourth-order valence-corrected chi connectivity index (χ4v) is 5.66. The third kappa shape index (κ3) is 8.82. The number of carbonyl (C=O) groups is 3. The Labute approximate surface area is 264 Å². The molecule has 2 saturated heterocycles. The third-order valence-electron chi connectivity index (χ3n) is 7.94. The fraction of sp³-hybridized carbons (Fsp3) is 0.400. The molecule has 0 spiro atoms. The van der Waals surface area contributed by atoms with Crippen molar-refractivity contribution in [3.05, 3.63) is 89.7 Å². The van der Waals surface area contributed by atoms with E-state index in [1.165, 1.54) is 17.0 Å². The summed E-state index contributed by atoms with van der Waals surface area (Å²) in [6.07, 6.45) is 2.70. The van der Waals surface area contributed by atoms with E-state index >= 15 is 0 Å². The summed E-state index contributed by atoms with van der Waals surface area (Å²) in [6, 6.07) is 21.0. The highest BCUT2D eigenvalue weighted by Gasteiger charge is 2.36. The average molecular weight is 616 g/mol. The molecule has 0 aliphatic carbocycles. The number of hydrogen-bond acceptors (Lipinski definition) is 6. The Morgan fingerprint density at radius 3 is 1.96 bits per heavy atom. The lowest BCUT2D eigenvalue weighted by atomic mass is 10.1. The van der Waals surface area contributed by atoms with Gasteiger partial charge in [-0.05, 0) is 113 Å². The minimum Gasteiger partial charge on any atom is -0.444 e. The van der Waals surface area contributed by atoms with Crippen LogP contribution in [0.4, 0.5) is 26.2 Å². The van der Waals surface area contributed by atoms with Crippen molar-refractivity contribution >= 4 is 35.0 Å². The number of likely N-dealkylation sites (tertiary alicyclic amines) is 1. The number of nitrogens with one attached hydrogen (secondary N) is 3. The largest absolute Gasteiger partial charge is 0.444 e. The SMILES string of the molecule is CC(C)(C)OC(=O)N1CCCC1C(=O)Nc1ccc(CN(Cc2ccc(NC(=O)C3CCCN3)cc2)c2ccc(F)cc2)cc1. The standard InChI is InChI=1S/C35H42FN5O4/c1-35(2,3)45-34(44)41-21-5-7-31(41)33(43)39-28-16-10-25(11-17-28)23-40(29-18-12-26(36)13-19-29)22-24-8-14-27(15-9-24)38-32(42)30-6-4-20-37-30/h8-19,30-31,37H,4-7,20-23H2,1-3H3,(H,38,42)(H,39,43). The van der Waals surface area contributed by atoms with Crippen molar-refractivity contribution in [1.82, 2.24) is 10.2 Å². The van der Waals surface area contributed by atoms with Gasteiger partial charge in [0, 0.05) is 36.7 Å². The van der Waals surface area contributed by atoms with E-state index in [0.717, 1.165) is 48.3 Å². The monoisotopic (exact) mass is 615 g/mol. The third-order valence-corrected chi connectivity index (χ3v) is 7.94. The zero-order chi connectivity index (χ0) is 32.0. The molecule has 238 valence electrons. The Morgan fingerprint density at radius 2 is 1.42 bits per heavy atom. The van der Waals surface area contributed by atoms with Crippen molar-refractivity contribution in [3.63, 3.8) is 0 Å². The van der Waals surface area contributed by atoms with Gasteiger partial charge in [0.25, 0.3) is 0 Å². The van der Waals surface area contributed by atoms with Gasteiger partial charge in [-0.15, -0.1) is 0 Å². The molecule has 9 nitrogen and oxygen atoms in total. The van der Waals surface area contributed by atoms with E-state index in [-0.39, 0.29) is 23.7 Å². The molecule has 10 heteroatoms. The first-order chi connectivity index (χ1) is 21.5. The number of hydrogen-bond donors (Lipinski definition) is 3. The van der Waals surface area contributed by atoms with E-state index in [9.17, 15) is 18.8 Å². The van der Waals surface area contributed by atoms with Crippen LogP contribution in [0.2, 0.25) is 0 Å². The van der Waals surface area contributed by atoms with Crippen LogP contribution >= 0.6 is 0 Å². The molecule has 2 aliphatic heterocycles. The Kier molecular flexibility index (Phi) is 10.0. The van der Waals surface area contributed by atoms with E-state index in [2.05, 4.69) is 20.9 Å². The molecule has 2 fully saturated rings. The van der Waals surface area contributed by atoms with Crippen molar-refractivity contribution < 1.29 is 23.5 Å². The van der Waals surface area contributed by atoms with Gasteiger partial charge < -0.3 is 25.6 Å². The van der Waals surface area contributed by atoms with Crippen LogP contribution in [0.15, 0.2) is 72.8 Å². The number of rotatable bonds is 9. The van der Waals surface area contributed by atoms with Crippen molar-refractivity contribution in [2.45, 2.75) is 77.2 Å². The van der Waals surface area contributed by atoms with Gasteiger partial charge in [-0.2, -0.15) is 0 Å². The highest BCUT2D eigenvalue weighted by atomic mass is 19.1. The molecule has 0 aromatic heterocycles. The van der Waals surface area contributed by atoms with Gasteiger partial charge in [-0.25, -0.2) is 9.18 Å². The van der Waals surface area contributed by atoms with Crippen LogP contribution in [0.25, 0.3) is 0 Å². The summed E-state index contributed by atoms with van der Waals surface area (Å²) in [5, 5.41) is 9.14. The number of amides is 3. The molecular weight excluding hydrogens is 573 g/mol. The zero-order valence-corrected chi connectivity index (χ0v) is 26.1. The van der Waals surface area contributed by atoms with Gasteiger partial charge in [-0.3, -0.25) is 14.5 Å². The van der Waals surface area contributed by atoms with E-state index in [1.807, 2.05) is 69.3 Å². The van der Waals surface area contributed by atoms with Crippen LogP contribution < -0.4 is 20.9 Å². The van der Waals surface area contributed by atoms with Crippen molar-refractivity contribution in [3.8, 4) is 0 Å². The quantitative estimate of drug-likeness (QED) is 0.271. The normalized spacial score (nSPS) is 18.0. The first-order valence-electron chi connectivity index (χ1n) is 15.6. The lowest BCUT2D eigenvalue weighted by Gasteiger charge is -2.28. The maximum Gasteiger partial charge on any atom is 0.410 e. The summed E-state index contributed by atoms with van der Waals surface area (Å²) in [5.74, 6) is -0.558. The maximum absolute atomic E-state index is 13.7. The van der Waals surface area contributed by atoms with Crippen LogP contribution in [0.3, 0.4) is 0 Å². The number of anilines is 3. The summed E-state index contributed by atoms with van der Waals surface area (Å²) in [7, 11) is 0. The Hall–Kier alpha value is -4.44. The van der Waals surface area contributed by atoms with Crippen molar-refractivity contribution in [2.24, 2.45) is 0 Å². The lowest BCUT2D eigenvalue weighted by molar-refractivity contribution is -0.120. The number of halogens is 1. The molecule has 45 heavy (non-hydrogen) atoms. The summed E-state index contributed by atoms with van der Waals surface area (Å²) in [5.41, 5.74) is 3.65. The summed E-state index contributed by atoms with van der Waals surface area (Å²) >= 11 is 0. The molecule has 5 rings (SSSR count). The molecular formula is C35H42FN5O4. The lowest BCUT2D eigenvalue weighted by Crippen LogP contribution is -2.45. The second-order valence-electron chi connectivity index (χ2n) is 12.7. The van der Waals surface area contributed by atoms with Crippen LogP contribution in [0.1, 0.15) is 57.6 Å². The van der Waals surface area contributed by atoms with E-state index < -0.39 is 17.7 Å². The van der Waals surface area contributed by atoms with E-state index in [4.69, 9.17) is 4.74 Å². The van der Waals surface area contributed by atoms with Gasteiger partial charge in [-0.1, -0.05) is 24.3 Å².